The molecule has 2 N–H and O–H groups in total. The lowest BCUT2D eigenvalue weighted by molar-refractivity contribution is 0.0692. The Hall–Kier alpha value is -1.06. The molecule has 0 spiro atoms. The number of amides is 1. The van der Waals surface area contributed by atoms with Gasteiger partial charge in [0.1, 0.15) is 0 Å². The van der Waals surface area contributed by atoms with E-state index in [1.807, 2.05) is 24.0 Å². The SMILES string of the molecule is Cc1ccc(Cl)cc1C(=O)N1CCC(CN)CC1. The van der Waals surface area contributed by atoms with Crippen molar-refractivity contribution in [2.24, 2.45) is 11.7 Å². The van der Waals surface area contributed by atoms with Gasteiger partial charge in [-0.15, -0.1) is 0 Å². The highest BCUT2D eigenvalue weighted by Gasteiger charge is 2.23. The van der Waals surface area contributed by atoms with Crippen molar-refractivity contribution in [2.75, 3.05) is 19.6 Å². The van der Waals surface area contributed by atoms with Gasteiger partial charge in [0.05, 0.1) is 0 Å². The number of rotatable bonds is 2. The Bertz CT molecular complexity index is 439. The number of hydrogen-bond acceptors (Lipinski definition) is 2. The van der Waals surface area contributed by atoms with Crippen LogP contribution in [0.2, 0.25) is 5.02 Å². The molecule has 1 amide bonds. The van der Waals surface area contributed by atoms with E-state index in [1.54, 1.807) is 6.07 Å². The zero-order valence-corrected chi connectivity index (χ0v) is 11.4. The lowest BCUT2D eigenvalue weighted by atomic mass is 9.96. The third-order valence-electron chi connectivity index (χ3n) is 3.67. The molecule has 0 saturated carbocycles. The first-order valence-corrected chi connectivity index (χ1v) is 6.75. The Morgan fingerprint density at radius 1 is 1.44 bits per heavy atom. The zero-order chi connectivity index (χ0) is 13.1. The monoisotopic (exact) mass is 266 g/mol. The number of nitrogens with two attached hydrogens (primary N) is 1. The second-order valence-electron chi connectivity index (χ2n) is 4.93. The van der Waals surface area contributed by atoms with Crippen molar-refractivity contribution in [3.05, 3.63) is 34.3 Å². The molecule has 1 saturated heterocycles. The summed E-state index contributed by atoms with van der Waals surface area (Å²) < 4.78 is 0. The molecule has 1 aliphatic heterocycles. The number of piperidine rings is 1. The lowest BCUT2D eigenvalue weighted by Gasteiger charge is -2.31. The van der Waals surface area contributed by atoms with Crippen LogP contribution >= 0.6 is 11.6 Å². The molecule has 1 aromatic rings. The standard InChI is InChI=1S/C14H19ClN2O/c1-10-2-3-12(15)8-13(10)14(18)17-6-4-11(9-16)5-7-17/h2-3,8,11H,4-7,9,16H2,1H3. The van der Waals surface area contributed by atoms with Crippen LogP contribution in [-0.4, -0.2) is 30.4 Å². The van der Waals surface area contributed by atoms with Crippen LogP contribution in [0.5, 0.6) is 0 Å². The molecule has 1 fully saturated rings. The molecule has 2 rings (SSSR count). The maximum atomic E-state index is 12.4. The van der Waals surface area contributed by atoms with Gasteiger partial charge in [0.15, 0.2) is 0 Å². The Morgan fingerprint density at radius 2 is 2.11 bits per heavy atom. The summed E-state index contributed by atoms with van der Waals surface area (Å²) in [5.74, 6) is 0.653. The van der Waals surface area contributed by atoms with E-state index in [1.165, 1.54) is 0 Å². The van der Waals surface area contributed by atoms with Crippen LogP contribution in [0.1, 0.15) is 28.8 Å². The fourth-order valence-electron chi connectivity index (χ4n) is 2.37. The predicted octanol–water partition coefficient (Wildman–Crippen LogP) is 2.46. The van der Waals surface area contributed by atoms with Gasteiger partial charge in [-0.05, 0) is 49.9 Å². The largest absolute Gasteiger partial charge is 0.339 e. The third-order valence-corrected chi connectivity index (χ3v) is 3.90. The van der Waals surface area contributed by atoms with E-state index in [4.69, 9.17) is 17.3 Å². The average Bonchev–Trinajstić information content (AvgIpc) is 2.41. The number of carbonyl (C=O) groups excluding carboxylic acids is 1. The minimum atomic E-state index is 0.0884. The van der Waals surface area contributed by atoms with Gasteiger partial charge < -0.3 is 10.6 Å². The van der Waals surface area contributed by atoms with Crippen molar-refractivity contribution in [1.82, 2.24) is 4.90 Å². The minimum absolute atomic E-state index is 0.0884. The van der Waals surface area contributed by atoms with Gasteiger partial charge in [-0.3, -0.25) is 4.79 Å². The molecule has 0 bridgehead atoms. The van der Waals surface area contributed by atoms with E-state index < -0.39 is 0 Å². The van der Waals surface area contributed by atoms with Gasteiger partial charge in [0.25, 0.3) is 5.91 Å². The van der Waals surface area contributed by atoms with Crippen molar-refractivity contribution < 1.29 is 4.79 Å². The number of hydrogen-bond donors (Lipinski definition) is 1. The molecule has 1 aliphatic rings. The molecule has 98 valence electrons. The van der Waals surface area contributed by atoms with Crippen LogP contribution in [-0.2, 0) is 0 Å². The highest BCUT2D eigenvalue weighted by atomic mass is 35.5. The first-order valence-electron chi connectivity index (χ1n) is 6.37. The number of benzene rings is 1. The van der Waals surface area contributed by atoms with Crippen molar-refractivity contribution in [2.45, 2.75) is 19.8 Å². The molecular weight excluding hydrogens is 248 g/mol. The first-order chi connectivity index (χ1) is 8.61. The second-order valence-corrected chi connectivity index (χ2v) is 5.37. The molecule has 1 aromatic carbocycles. The summed E-state index contributed by atoms with van der Waals surface area (Å²) in [7, 11) is 0. The van der Waals surface area contributed by atoms with E-state index in [-0.39, 0.29) is 5.91 Å². The fourth-order valence-corrected chi connectivity index (χ4v) is 2.54. The van der Waals surface area contributed by atoms with Gasteiger partial charge >= 0.3 is 0 Å². The van der Waals surface area contributed by atoms with Gasteiger partial charge in [0, 0.05) is 23.7 Å². The van der Waals surface area contributed by atoms with E-state index in [2.05, 4.69) is 0 Å². The van der Waals surface area contributed by atoms with Crippen LogP contribution in [0.15, 0.2) is 18.2 Å². The summed E-state index contributed by atoms with van der Waals surface area (Å²) in [6.45, 7) is 4.26. The predicted molar refractivity (Wildman–Crippen MR) is 73.9 cm³/mol. The minimum Gasteiger partial charge on any atom is -0.339 e. The van der Waals surface area contributed by atoms with Gasteiger partial charge in [-0.2, -0.15) is 0 Å². The number of aryl methyl sites for hydroxylation is 1. The number of halogens is 1. The summed E-state index contributed by atoms with van der Waals surface area (Å²) in [4.78, 5) is 14.3. The Balaban J connectivity index is 2.10. The summed E-state index contributed by atoms with van der Waals surface area (Å²) in [5, 5.41) is 0.612. The van der Waals surface area contributed by atoms with Crippen LogP contribution < -0.4 is 5.73 Å². The molecule has 3 nitrogen and oxygen atoms in total. The highest BCUT2D eigenvalue weighted by Crippen LogP contribution is 2.21. The molecule has 0 aliphatic carbocycles. The quantitative estimate of drug-likeness (QED) is 0.894. The Labute approximate surface area is 113 Å². The molecular formula is C14H19ClN2O. The third kappa shape index (κ3) is 2.85. The molecule has 0 radical (unpaired) electrons. The van der Waals surface area contributed by atoms with Gasteiger partial charge in [-0.1, -0.05) is 17.7 Å². The Kier molecular flexibility index (Phi) is 4.25. The van der Waals surface area contributed by atoms with Crippen LogP contribution in [0.4, 0.5) is 0 Å². The number of nitrogens with zero attached hydrogens (tertiary/aromatic N) is 1. The highest BCUT2D eigenvalue weighted by molar-refractivity contribution is 6.31. The van der Waals surface area contributed by atoms with Crippen molar-refractivity contribution in [1.29, 1.82) is 0 Å². The molecule has 0 aromatic heterocycles. The topological polar surface area (TPSA) is 46.3 Å². The first kappa shape index (κ1) is 13.4. The van der Waals surface area contributed by atoms with Crippen molar-refractivity contribution >= 4 is 17.5 Å². The average molecular weight is 267 g/mol. The lowest BCUT2D eigenvalue weighted by Crippen LogP contribution is -2.40. The van der Waals surface area contributed by atoms with Crippen molar-refractivity contribution in [3.63, 3.8) is 0 Å². The fraction of sp³-hybridized carbons (Fsp3) is 0.500. The molecule has 18 heavy (non-hydrogen) atoms. The Morgan fingerprint density at radius 3 is 2.72 bits per heavy atom. The number of likely N-dealkylation sites (tertiary alicyclic amines) is 1. The molecule has 1 heterocycles. The van der Waals surface area contributed by atoms with E-state index in [0.29, 0.717) is 16.5 Å². The summed E-state index contributed by atoms with van der Waals surface area (Å²) in [6.07, 6.45) is 2.00. The van der Waals surface area contributed by atoms with Crippen LogP contribution in [0.25, 0.3) is 0 Å². The summed E-state index contributed by atoms with van der Waals surface area (Å²) >= 11 is 5.96. The maximum Gasteiger partial charge on any atom is 0.254 e. The summed E-state index contributed by atoms with van der Waals surface area (Å²) in [5.41, 5.74) is 7.35. The maximum absolute atomic E-state index is 12.4. The van der Waals surface area contributed by atoms with E-state index in [9.17, 15) is 4.79 Å². The molecule has 0 unspecified atom stereocenters. The van der Waals surface area contributed by atoms with Crippen molar-refractivity contribution in [3.8, 4) is 0 Å². The smallest absolute Gasteiger partial charge is 0.254 e. The molecule has 0 atom stereocenters. The number of carbonyl (C=O) groups is 1. The van der Waals surface area contributed by atoms with Gasteiger partial charge in [-0.25, -0.2) is 0 Å². The zero-order valence-electron chi connectivity index (χ0n) is 10.7. The molecule has 4 heteroatoms. The summed E-state index contributed by atoms with van der Waals surface area (Å²) in [6, 6.07) is 5.46. The van der Waals surface area contributed by atoms with Gasteiger partial charge in [0.2, 0.25) is 0 Å². The van der Waals surface area contributed by atoms with E-state index >= 15 is 0 Å². The van der Waals surface area contributed by atoms with Crippen LogP contribution in [0, 0.1) is 12.8 Å². The van der Waals surface area contributed by atoms with Crippen LogP contribution in [0.3, 0.4) is 0 Å². The van der Waals surface area contributed by atoms with E-state index in [0.717, 1.165) is 38.0 Å². The normalized spacial score (nSPS) is 16.9. The second kappa shape index (κ2) is 5.72.